The van der Waals surface area contributed by atoms with Gasteiger partial charge in [0, 0.05) is 12.1 Å². The molecule has 0 aliphatic carbocycles. The zero-order valence-corrected chi connectivity index (χ0v) is 15.1. The number of hydrogen-bond donors (Lipinski definition) is 3. The molecule has 0 aliphatic rings. The maximum atomic E-state index is 12.3. The number of hydrogen-bond acceptors (Lipinski definition) is 8. The summed E-state index contributed by atoms with van der Waals surface area (Å²) in [6, 6.07) is 8.18. The van der Waals surface area contributed by atoms with Crippen LogP contribution in [0.5, 0.6) is 0 Å². The molecule has 0 aliphatic heterocycles. The Balaban J connectivity index is 1.54. The van der Waals surface area contributed by atoms with E-state index in [0.717, 1.165) is 11.1 Å². The van der Waals surface area contributed by atoms with Crippen molar-refractivity contribution in [1.29, 1.82) is 0 Å². The van der Waals surface area contributed by atoms with Crippen molar-refractivity contribution in [3.63, 3.8) is 0 Å². The first-order valence-corrected chi connectivity index (χ1v) is 8.40. The van der Waals surface area contributed by atoms with Crippen LogP contribution in [0.3, 0.4) is 0 Å². The second-order valence-corrected chi connectivity index (χ2v) is 6.37. The quantitative estimate of drug-likeness (QED) is 0.351. The molecule has 4 aromatic rings. The monoisotopic (exact) mass is 380 g/mol. The molecule has 28 heavy (non-hydrogen) atoms. The normalized spacial score (nSPS) is 11.2. The summed E-state index contributed by atoms with van der Waals surface area (Å²) in [5.41, 5.74) is 9.63. The second-order valence-electron chi connectivity index (χ2n) is 6.37. The molecular formula is C17H16N8O3. The second kappa shape index (κ2) is 6.70. The molecule has 0 radical (unpaired) electrons. The van der Waals surface area contributed by atoms with Crippen molar-refractivity contribution in [2.75, 3.05) is 5.43 Å². The van der Waals surface area contributed by atoms with E-state index in [1.807, 2.05) is 26.0 Å². The molecule has 0 spiro atoms. The van der Waals surface area contributed by atoms with Crippen LogP contribution in [0.2, 0.25) is 0 Å². The van der Waals surface area contributed by atoms with Crippen LogP contribution in [0, 0.1) is 24.0 Å². The summed E-state index contributed by atoms with van der Waals surface area (Å²) in [5, 5.41) is 18.7. The largest absolute Gasteiger partial charge is 0.317 e. The Labute approximate surface area is 157 Å². The van der Waals surface area contributed by atoms with Crippen LogP contribution >= 0.6 is 0 Å². The number of aryl methyl sites for hydroxylation is 2. The molecule has 0 unspecified atom stereocenters. The molecule has 0 saturated heterocycles. The average molecular weight is 380 g/mol. The van der Waals surface area contributed by atoms with Gasteiger partial charge >= 0.3 is 0 Å². The summed E-state index contributed by atoms with van der Waals surface area (Å²) in [6.07, 6.45) is 0. The minimum atomic E-state index is -0.487. The Morgan fingerprint density at radius 1 is 1.21 bits per heavy atom. The summed E-state index contributed by atoms with van der Waals surface area (Å²) in [6.45, 7) is 4.05. The number of aromatic nitrogens is 5. The maximum Gasteiger partial charge on any atom is 0.292 e. The van der Waals surface area contributed by atoms with Crippen molar-refractivity contribution >= 4 is 33.6 Å². The third-order valence-electron chi connectivity index (χ3n) is 4.29. The van der Waals surface area contributed by atoms with E-state index in [0.29, 0.717) is 22.1 Å². The number of fused-ring (bicyclic) bond motifs is 2. The summed E-state index contributed by atoms with van der Waals surface area (Å²) in [5.74, 6) is 0.123. The molecule has 0 amide bonds. The van der Waals surface area contributed by atoms with E-state index in [-0.39, 0.29) is 23.7 Å². The van der Waals surface area contributed by atoms with Gasteiger partial charge in [-0.3, -0.25) is 20.3 Å². The fourth-order valence-corrected chi connectivity index (χ4v) is 3.01. The summed E-state index contributed by atoms with van der Waals surface area (Å²) in [4.78, 5) is 29.8. The molecule has 11 nitrogen and oxygen atoms in total. The smallest absolute Gasteiger partial charge is 0.292 e. The van der Waals surface area contributed by atoms with Crippen molar-refractivity contribution in [1.82, 2.24) is 30.4 Å². The predicted molar refractivity (Wildman–Crippen MR) is 103 cm³/mol. The zero-order valence-electron chi connectivity index (χ0n) is 15.1. The predicted octanol–water partition coefficient (Wildman–Crippen LogP) is 1.77. The Morgan fingerprint density at radius 2 is 2.04 bits per heavy atom. The summed E-state index contributed by atoms with van der Waals surface area (Å²) < 4.78 is 1.51. The first-order valence-electron chi connectivity index (χ1n) is 8.40. The lowest BCUT2D eigenvalue weighted by atomic mass is 10.1. The first kappa shape index (κ1) is 17.5. The molecule has 11 heteroatoms. The standard InChI is InChI=1S/C17H16N8O3/c1-9-5-10(2)15-13(6-9)19-16(17(26)20-15)22-18-8-24-14-4-3-11(25(27)28)7-12(14)21-23-24/h3-7,18H,8H2,1-2H3,(H,19,22)(H,20,26). The van der Waals surface area contributed by atoms with Crippen molar-refractivity contribution in [2.24, 2.45) is 0 Å². The SMILES string of the molecule is Cc1cc(C)c2[nH]c(=O)c(NNCn3nnc4cc([N+](=O)[O-])ccc43)nc2c1. The van der Waals surface area contributed by atoms with Gasteiger partial charge in [-0.1, -0.05) is 11.3 Å². The molecule has 142 valence electrons. The molecule has 2 heterocycles. The number of non-ortho nitro benzene ring substituents is 1. The lowest BCUT2D eigenvalue weighted by molar-refractivity contribution is -0.384. The van der Waals surface area contributed by atoms with Gasteiger partial charge in [-0.2, -0.15) is 0 Å². The third kappa shape index (κ3) is 3.14. The van der Waals surface area contributed by atoms with E-state index < -0.39 is 4.92 Å². The van der Waals surface area contributed by atoms with Crippen molar-refractivity contribution < 1.29 is 4.92 Å². The number of aromatic amines is 1. The molecule has 0 atom stereocenters. The molecule has 0 bridgehead atoms. The number of nitrogens with one attached hydrogen (secondary N) is 3. The van der Waals surface area contributed by atoms with Gasteiger partial charge in [0.05, 0.1) is 21.5 Å². The third-order valence-corrected chi connectivity index (χ3v) is 4.29. The fourth-order valence-electron chi connectivity index (χ4n) is 3.01. The lowest BCUT2D eigenvalue weighted by Gasteiger charge is -2.09. The number of nitro groups is 1. The highest BCUT2D eigenvalue weighted by Gasteiger charge is 2.11. The highest BCUT2D eigenvalue weighted by Crippen LogP contribution is 2.18. The van der Waals surface area contributed by atoms with Gasteiger partial charge in [0.25, 0.3) is 11.2 Å². The number of anilines is 1. The van der Waals surface area contributed by atoms with Crippen LogP contribution in [0.25, 0.3) is 22.1 Å². The van der Waals surface area contributed by atoms with Crippen LogP contribution in [-0.2, 0) is 6.67 Å². The van der Waals surface area contributed by atoms with Crippen LogP contribution in [-0.4, -0.2) is 29.9 Å². The van der Waals surface area contributed by atoms with Gasteiger partial charge < -0.3 is 4.98 Å². The number of nitro benzene ring substituents is 1. The van der Waals surface area contributed by atoms with Gasteiger partial charge in [0.1, 0.15) is 12.2 Å². The van der Waals surface area contributed by atoms with E-state index in [1.54, 1.807) is 6.07 Å². The highest BCUT2D eigenvalue weighted by atomic mass is 16.6. The van der Waals surface area contributed by atoms with Crippen molar-refractivity contribution in [2.45, 2.75) is 20.5 Å². The molecule has 4 rings (SSSR count). The molecule has 3 N–H and O–H groups in total. The number of nitrogens with zero attached hydrogens (tertiary/aromatic N) is 5. The van der Waals surface area contributed by atoms with Gasteiger partial charge in [0.15, 0.2) is 0 Å². The van der Waals surface area contributed by atoms with E-state index in [1.165, 1.54) is 16.8 Å². The molecule has 2 aromatic heterocycles. The van der Waals surface area contributed by atoms with Gasteiger partial charge in [-0.15, -0.1) is 5.10 Å². The summed E-state index contributed by atoms with van der Waals surface area (Å²) in [7, 11) is 0. The average Bonchev–Trinajstić information content (AvgIpc) is 3.05. The minimum Gasteiger partial charge on any atom is -0.317 e. The van der Waals surface area contributed by atoms with E-state index >= 15 is 0 Å². The van der Waals surface area contributed by atoms with Crippen LogP contribution in [0.15, 0.2) is 35.1 Å². The van der Waals surface area contributed by atoms with E-state index in [4.69, 9.17) is 0 Å². The molecular weight excluding hydrogens is 364 g/mol. The molecule has 2 aromatic carbocycles. The molecule has 0 fully saturated rings. The van der Waals surface area contributed by atoms with Crippen LogP contribution < -0.4 is 16.4 Å². The fraction of sp³-hybridized carbons (Fsp3) is 0.176. The zero-order chi connectivity index (χ0) is 19.8. The number of hydrazine groups is 1. The minimum absolute atomic E-state index is 0.0527. The van der Waals surface area contributed by atoms with Crippen molar-refractivity contribution in [3.05, 3.63) is 61.9 Å². The molecule has 0 saturated carbocycles. The van der Waals surface area contributed by atoms with E-state index in [9.17, 15) is 14.9 Å². The van der Waals surface area contributed by atoms with Crippen molar-refractivity contribution in [3.8, 4) is 0 Å². The summed E-state index contributed by atoms with van der Waals surface area (Å²) >= 11 is 0. The first-order chi connectivity index (χ1) is 13.4. The number of H-pyrrole nitrogens is 1. The van der Waals surface area contributed by atoms with Crippen LogP contribution in [0.4, 0.5) is 11.5 Å². The Kier molecular flexibility index (Phi) is 4.20. The van der Waals surface area contributed by atoms with E-state index in [2.05, 4.69) is 31.1 Å². The van der Waals surface area contributed by atoms with Gasteiger partial charge in [0.2, 0.25) is 5.82 Å². The van der Waals surface area contributed by atoms with Crippen LogP contribution in [0.1, 0.15) is 11.1 Å². The maximum absolute atomic E-state index is 12.3. The number of benzene rings is 2. The Morgan fingerprint density at radius 3 is 2.82 bits per heavy atom. The van der Waals surface area contributed by atoms with Gasteiger partial charge in [-0.25, -0.2) is 15.1 Å². The topological polar surface area (TPSA) is 144 Å². The lowest BCUT2D eigenvalue weighted by Crippen LogP contribution is -2.30. The number of rotatable bonds is 5. The highest BCUT2D eigenvalue weighted by molar-refractivity contribution is 5.79. The van der Waals surface area contributed by atoms with Gasteiger partial charge in [-0.05, 0) is 37.1 Å². The Hall–Kier alpha value is -3.86. The Bertz CT molecular complexity index is 1280.